The van der Waals surface area contributed by atoms with Crippen molar-refractivity contribution < 1.29 is 4.79 Å². The van der Waals surface area contributed by atoms with Gasteiger partial charge in [-0.3, -0.25) is 9.69 Å². The third-order valence-electron chi connectivity index (χ3n) is 3.87. The van der Waals surface area contributed by atoms with Crippen molar-refractivity contribution >= 4 is 5.91 Å². The monoisotopic (exact) mass is 250 g/mol. The van der Waals surface area contributed by atoms with Crippen LogP contribution in [0.15, 0.2) is 0 Å². The molecular formula is C13H22N4O. The predicted molar refractivity (Wildman–Crippen MR) is 68.8 cm³/mol. The Kier molecular flexibility index (Phi) is 4.20. The average molecular weight is 250 g/mol. The minimum absolute atomic E-state index is 0.207. The van der Waals surface area contributed by atoms with Gasteiger partial charge < -0.3 is 10.2 Å². The Morgan fingerprint density at radius 3 is 2.78 bits per heavy atom. The molecule has 2 fully saturated rings. The third kappa shape index (κ3) is 3.21. The highest BCUT2D eigenvalue weighted by molar-refractivity contribution is 5.78. The highest BCUT2D eigenvalue weighted by Crippen LogP contribution is 2.28. The molecule has 0 unspecified atom stereocenters. The minimum Gasteiger partial charge on any atom is -0.339 e. The fourth-order valence-corrected chi connectivity index (χ4v) is 2.78. The van der Waals surface area contributed by atoms with Crippen molar-refractivity contribution in [3.63, 3.8) is 0 Å². The molecule has 2 heterocycles. The molecule has 2 aliphatic heterocycles. The highest BCUT2D eigenvalue weighted by atomic mass is 16.2. The molecule has 1 atom stereocenters. The first-order valence-electron chi connectivity index (χ1n) is 6.75. The van der Waals surface area contributed by atoms with Crippen LogP contribution in [0.3, 0.4) is 0 Å². The molecule has 18 heavy (non-hydrogen) atoms. The van der Waals surface area contributed by atoms with E-state index >= 15 is 0 Å². The topological polar surface area (TPSA) is 59.4 Å². The van der Waals surface area contributed by atoms with E-state index in [0.717, 1.165) is 52.1 Å². The van der Waals surface area contributed by atoms with E-state index in [9.17, 15) is 10.1 Å². The summed E-state index contributed by atoms with van der Waals surface area (Å²) in [5.41, 5.74) is -0.276. The van der Waals surface area contributed by atoms with Gasteiger partial charge in [-0.25, -0.2) is 0 Å². The highest BCUT2D eigenvalue weighted by Gasteiger charge is 2.32. The second-order valence-corrected chi connectivity index (χ2v) is 5.62. The molecule has 0 aliphatic carbocycles. The van der Waals surface area contributed by atoms with Crippen molar-refractivity contribution in [1.29, 1.82) is 5.26 Å². The maximum atomic E-state index is 12.1. The Labute approximate surface area is 109 Å². The van der Waals surface area contributed by atoms with Crippen LogP contribution in [-0.4, -0.2) is 61.5 Å². The second kappa shape index (κ2) is 5.68. The van der Waals surface area contributed by atoms with E-state index < -0.39 is 0 Å². The number of carbonyl (C=O) groups excluding carboxylic acids is 1. The van der Waals surface area contributed by atoms with Crippen LogP contribution >= 0.6 is 0 Å². The Morgan fingerprint density at radius 2 is 2.11 bits per heavy atom. The van der Waals surface area contributed by atoms with Gasteiger partial charge in [0.05, 0.1) is 18.0 Å². The van der Waals surface area contributed by atoms with E-state index in [1.807, 2.05) is 11.8 Å². The summed E-state index contributed by atoms with van der Waals surface area (Å²) in [4.78, 5) is 16.2. The summed E-state index contributed by atoms with van der Waals surface area (Å²) in [6.45, 7) is 7.52. The molecule has 1 amide bonds. The van der Waals surface area contributed by atoms with Gasteiger partial charge in [-0.15, -0.1) is 0 Å². The minimum atomic E-state index is -0.276. The predicted octanol–water partition coefficient (Wildman–Crippen LogP) is 0.0439. The molecule has 0 spiro atoms. The van der Waals surface area contributed by atoms with Crippen LogP contribution in [0.1, 0.15) is 19.8 Å². The second-order valence-electron chi connectivity index (χ2n) is 5.62. The zero-order chi connectivity index (χ0) is 13.0. The zero-order valence-corrected chi connectivity index (χ0v) is 11.1. The van der Waals surface area contributed by atoms with E-state index in [1.54, 1.807) is 0 Å². The zero-order valence-electron chi connectivity index (χ0n) is 11.1. The average Bonchev–Trinajstić information content (AvgIpc) is 2.40. The molecule has 5 nitrogen and oxygen atoms in total. The van der Waals surface area contributed by atoms with E-state index in [4.69, 9.17) is 0 Å². The maximum Gasteiger partial charge on any atom is 0.236 e. The van der Waals surface area contributed by atoms with Crippen molar-refractivity contribution in [3.05, 3.63) is 0 Å². The van der Waals surface area contributed by atoms with Crippen LogP contribution in [0.2, 0.25) is 0 Å². The van der Waals surface area contributed by atoms with Crippen LogP contribution < -0.4 is 5.32 Å². The lowest BCUT2D eigenvalue weighted by molar-refractivity contribution is -0.133. The lowest BCUT2D eigenvalue weighted by Crippen LogP contribution is -2.51. The quantitative estimate of drug-likeness (QED) is 0.752. The summed E-state index contributed by atoms with van der Waals surface area (Å²) in [7, 11) is 0. The molecule has 0 bridgehead atoms. The SMILES string of the molecule is C[C@@]1(C#N)CCCN(CC(=O)N2CCNCC2)C1. The Bertz CT molecular complexity index is 345. The van der Waals surface area contributed by atoms with Crippen molar-refractivity contribution in [2.75, 3.05) is 45.8 Å². The molecule has 0 radical (unpaired) electrons. The van der Waals surface area contributed by atoms with E-state index in [2.05, 4.69) is 16.3 Å². The first-order chi connectivity index (χ1) is 8.63. The number of likely N-dealkylation sites (tertiary alicyclic amines) is 1. The molecular weight excluding hydrogens is 228 g/mol. The van der Waals surface area contributed by atoms with Gasteiger partial charge in [-0.1, -0.05) is 0 Å². The molecule has 0 aromatic carbocycles. The lowest BCUT2D eigenvalue weighted by atomic mass is 9.83. The van der Waals surface area contributed by atoms with Crippen LogP contribution in [0.25, 0.3) is 0 Å². The standard InChI is InChI=1S/C13H22N4O/c1-13(10-14)3-2-6-16(11-13)9-12(18)17-7-4-15-5-8-17/h15H,2-9,11H2,1H3/t13-/m0/s1. The third-order valence-corrected chi connectivity index (χ3v) is 3.87. The molecule has 100 valence electrons. The fourth-order valence-electron chi connectivity index (χ4n) is 2.78. The molecule has 0 aromatic rings. The van der Waals surface area contributed by atoms with Gasteiger partial charge in [0.2, 0.25) is 5.91 Å². The number of carbonyl (C=O) groups is 1. The van der Waals surface area contributed by atoms with Gasteiger partial charge in [-0.05, 0) is 26.3 Å². The molecule has 5 heteroatoms. The summed E-state index contributed by atoms with van der Waals surface area (Å²) < 4.78 is 0. The molecule has 2 rings (SSSR count). The van der Waals surface area contributed by atoms with Crippen molar-refractivity contribution in [2.45, 2.75) is 19.8 Å². The summed E-state index contributed by atoms with van der Waals surface area (Å²) >= 11 is 0. The fraction of sp³-hybridized carbons (Fsp3) is 0.846. The van der Waals surface area contributed by atoms with Gasteiger partial charge in [0.25, 0.3) is 0 Å². The number of hydrogen-bond donors (Lipinski definition) is 1. The Morgan fingerprint density at radius 1 is 1.39 bits per heavy atom. The molecule has 2 saturated heterocycles. The number of amides is 1. The maximum absolute atomic E-state index is 12.1. The van der Waals surface area contributed by atoms with Crippen molar-refractivity contribution in [2.24, 2.45) is 5.41 Å². The molecule has 1 N–H and O–H groups in total. The van der Waals surface area contributed by atoms with Crippen LogP contribution in [0, 0.1) is 16.7 Å². The van der Waals surface area contributed by atoms with Crippen LogP contribution in [0.5, 0.6) is 0 Å². The molecule has 2 aliphatic rings. The molecule has 0 saturated carbocycles. The van der Waals surface area contributed by atoms with E-state index in [-0.39, 0.29) is 11.3 Å². The number of nitrogens with zero attached hydrogens (tertiary/aromatic N) is 3. The summed E-state index contributed by atoms with van der Waals surface area (Å²) in [5, 5.41) is 12.4. The number of nitrogens with one attached hydrogen (secondary N) is 1. The summed E-state index contributed by atoms with van der Waals surface area (Å²) in [5.74, 6) is 0.207. The molecule has 0 aromatic heterocycles. The number of hydrogen-bond acceptors (Lipinski definition) is 4. The summed E-state index contributed by atoms with van der Waals surface area (Å²) in [6, 6.07) is 2.39. The number of piperazine rings is 1. The van der Waals surface area contributed by atoms with Gasteiger partial charge >= 0.3 is 0 Å². The summed E-state index contributed by atoms with van der Waals surface area (Å²) in [6.07, 6.45) is 1.96. The normalized spacial score (nSPS) is 29.9. The number of nitriles is 1. The lowest BCUT2D eigenvalue weighted by Gasteiger charge is -2.37. The largest absolute Gasteiger partial charge is 0.339 e. The van der Waals surface area contributed by atoms with Gasteiger partial charge in [0, 0.05) is 32.7 Å². The smallest absolute Gasteiger partial charge is 0.236 e. The van der Waals surface area contributed by atoms with Gasteiger partial charge in [-0.2, -0.15) is 5.26 Å². The van der Waals surface area contributed by atoms with Crippen LogP contribution in [0.4, 0.5) is 0 Å². The van der Waals surface area contributed by atoms with E-state index in [0.29, 0.717) is 6.54 Å². The van der Waals surface area contributed by atoms with E-state index in [1.165, 1.54) is 0 Å². The van der Waals surface area contributed by atoms with Gasteiger partial charge in [0.15, 0.2) is 0 Å². The van der Waals surface area contributed by atoms with Crippen molar-refractivity contribution in [1.82, 2.24) is 15.1 Å². The van der Waals surface area contributed by atoms with Crippen molar-refractivity contribution in [3.8, 4) is 6.07 Å². The van der Waals surface area contributed by atoms with Gasteiger partial charge in [0.1, 0.15) is 0 Å². The Balaban J connectivity index is 1.85. The Hall–Kier alpha value is -1.12. The number of rotatable bonds is 2. The first kappa shape index (κ1) is 13.3. The van der Waals surface area contributed by atoms with Crippen LogP contribution in [-0.2, 0) is 4.79 Å². The number of piperidine rings is 1. The first-order valence-corrected chi connectivity index (χ1v) is 6.75.